The molecule has 0 amide bonds. The van der Waals surface area contributed by atoms with Gasteiger partial charge in [0.2, 0.25) is 6.39 Å². The summed E-state index contributed by atoms with van der Waals surface area (Å²) in [5.41, 5.74) is 11.5. The summed E-state index contributed by atoms with van der Waals surface area (Å²) in [6.45, 7) is 4.04. The quantitative estimate of drug-likeness (QED) is 0.680. The summed E-state index contributed by atoms with van der Waals surface area (Å²) in [7, 11) is 3.26. The van der Waals surface area contributed by atoms with Crippen molar-refractivity contribution in [1.29, 1.82) is 0 Å². The van der Waals surface area contributed by atoms with Crippen LogP contribution in [0.4, 0.5) is 11.6 Å². The number of nitrogens with zero attached hydrogens (tertiary/aromatic N) is 4. The minimum absolute atomic E-state index is 0.00294. The van der Waals surface area contributed by atoms with Gasteiger partial charge < -0.3 is 19.7 Å². The van der Waals surface area contributed by atoms with Gasteiger partial charge in [0.1, 0.15) is 0 Å². The molecule has 3 aromatic rings. The SMILES string of the molecule is COc1cc2c(cc1OC)C(c1ccc(N)c(C)c1)=NN(c1ncon1)[C@@H](C)C2. The second-order valence-corrected chi connectivity index (χ2v) is 7.01. The van der Waals surface area contributed by atoms with Crippen molar-refractivity contribution in [1.82, 2.24) is 10.1 Å². The van der Waals surface area contributed by atoms with E-state index in [0.717, 1.165) is 33.7 Å². The van der Waals surface area contributed by atoms with Crippen LogP contribution in [0.3, 0.4) is 0 Å². The number of fused-ring (bicyclic) bond motifs is 1. The maximum Gasteiger partial charge on any atom is 0.286 e. The molecule has 0 aliphatic carbocycles. The second kappa shape index (κ2) is 7.46. The van der Waals surface area contributed by atoms with Crippen LogP contribution in [0.25, 0.3) is 0 Å². The van der Waals surface area contributed by atoms with Gasteiger partial charge in [0.15, 0.2) is 11.5 Å². The molecule has 0 fully saturated rings. The highest BCUT2D eigenvalue weighted by molar-refractivity contribution is 6.15. The van der Waals surface area contributed by atoms with Crippen molar-refractivity contribution < 1.29 is 14.0 Å². The van der Waals surface area contributed by atoms with Gasteiger partial charge in [-0.05, 0) is 60.8 Å². The van der Waals surface area contributed by atoms with E-state index in [2.05, 4.69) is 17.1 Å². The van der Waals surface area contributed by atoms with E-state index in [1.807, 2.05) is 37.3 Å². The van der Waals surface area contributed by atoms with Crippen LogP contribution in [0.5, 0.6) is 11.5 Å². The van der Waals surface area contributed by atoms with Gasteiger partial charge in [-0.3, -0.25) is 0 Å². The average Bonchev–Trinajstić information content (AvgIpc) is 3.20. The third kappa shape index (κ3) is 3.37. The molecule has 1 atom stereocenters. The summed E-state index contributed by atoms with van der Waals surface area (Å²) >= 11 is 0. The van der Waals surface area contributed by atoms with Gasteiger partial charge in [-0.25, -0.2) is 5.01 Å². The van der Waals surface area contributed by atoms with Crippen molar-refractivity contribution in [2.75, 3.05) is 25.0 Å². The Balaban J connectivity index is 1.96. The molecular formula is C21H23N5O3. The normalized spacial score (nSPS) is 16.1. The topological polar surface area (TPSA) is 99.0 Å². The number of ether oxygens (including phenoxy) is 2. The van der Waals surface area contributed by atoms with Gasteiger partial charge >= 0.3 is 0 Å². The molecule has 8 nitrogen and oxygen atoms in total. The van der Waals surface area contributed by atoms with Gasteiger partial charge in [-0.2, -0.15) is 10.1 Å². The van der Waals surface area contributed by atoms with Gasteiger partial charge in [0.25, 0.3) is 5.95 Å². The first-order valence-corrected chi connectivity index (χ1v) is 9.27. The molecule has 0 saturated carbocycles. The van der Waals surface area contributed by atoms with E-state index in [9.17, 15) is 0 Å². The van der Waals surface area contributed by atoms with Crippen LogP contribution in [0.1, 0.15) is 29.2 Å². The minimum atomic E-state index is -0.00294. The molecule has 0 bridgehead atoms. The van der Waals surface area contributed by atoms with Crippen molar-refractivity contribution in [3.8, 4) is 11.5 Å². The highest BCUT2D eigenvalue weighted by Gasteiger charge is 2.28. The Labute approximate surface area is 168 Å². The number of anilines is 2. The number of nitrogen functional groups attached to an aromatic ring is 1. The number of rotatable bonds is 4. The van der Waals surface area contributed by atoms with Crippen LogP contribution in [0.2, 0.25) is 0 Å². The number of benzene rings is 2. The fourth-order valence-corrected chi connectivity index (χ4v) is 3.52. The Morgan fingerprint density at radius 1 is 1.14 bits per heavy atom. The van der Waals surface area contributed by atoms with Crippen LogP contribution in [0.15, 0.2) is 46.3 Å². The van der Waals surface area contributed by atoms with E-state index in [-0.39, 0.29) is 6.04 Å². The summed E-state index contributed by atoms with van der Waals surface area (Å²) in [6.07, 6.45) is 2.01. The van der Waals surface area contributed by atoms with Crippen LogP contribution in [-0.4, -0.2) is 36.1 Å². The molecule has 2 heterocycles. The smallest absolute Gasteiger partial charge is 0.286 e. The minimum Gasteiger partial charge on any atom is -0.493 e. The van der Waals surface area contributed by atoms with Crippen molar-refractivity contribution in [2.45, 2.75) is 26.3 Å². The van der Waals surface area contributed by atoms with E-state index in [1.54, 1.807) is 19.2 Å². The van der Waals surface area contributed by atoms with Crippen molar-refractivity contribution in [3.63, 3.8) is 0 Å². The molecule has 2 aromatic carbocycles. The van der Waals surface area contributed by atoms with E-state index in [1.165, 1.54) is 6.39 Å². The second-order valence-electron chi connectivity index (χ2n) is 7.01. The number of nitrogens with two attached hydrogens (primary N) is 1. The fraction of sp³-hybridized carbons (Fsp3) is 0.286. The number of methoxy groups -OCH3 is 2. The Hall–Kier alpha value is -3.55. The molecule has 0 spiro atoms. The summed E-state index contributed by atoms with van der Waals surface area (Å²) in [5.74, 6) is 1.74. The van der Waals surface area contributed by atoms with Crippen molar-refractivity contribution in [3.05, 3.63) is 59.0 Å². The third-order valence-electron chi connectivity index (χ3n) is 5.10. The van der Waals surface area contributed by atoms with Crippen LogP contribution in [0, 0.1) is 6.92 Å². The lowest BCUT2D eigenvalue weighted by molar-refractivity contribution is 0.354. The third-order valence-corrected chi connectivity index (χ3v) is 5.10. The van der Waals surface area contributed by atoms with Crippen molar-refractivity contribution in [2.24, 2.45) is 5.10 Å². The van der Waals surface area contributed by atoms with Gasteiger partial charge in [0, 0.05) is 16.8 Å². The molecule has 29 heavy (non-hydrogen) atoms. The predicted molar refractivity (Wildman–Crippen MR) is 111 cm³/mol. The summed E-state index contributed by atoms with van der Waals surface area (Å²) in [5, 5.41) is 10.7. The zero-order valence-electron chi connectivity index (χ0n) is 16.8. The summed E-state index contributed by atoms with van der Waals surface area (Å²) < 4.78 is 16.0. The fourth-order valence-electron chi connectivity index (χ4n) is 3.52. The zero-order chi connectivity index (χ0) is 20.5. The van der Waals surface area contributed by atoms with E-state index in [4.69, 9.17) is 24.8 Å². The standard InChI is InChI=1S/C21H23N5O3/c1-12-7-14(5-6-17(12)22)20-16-10-19(28-4)18(27-3)9-15(16)8-13(2)26(24-20)21-23-11-29-25-21/h5-7,9-11,13H,8,22H2,1-4H3/t13-/m0/s1. The monoisotopic (exact) mass is 393 g/mol. The van der Waals surface area contributed by atoms with Crippen LogP contribution in [-0.2, 0) is 6.42 Å². The van der Waals surface area contributed by atoms with Gasteiger partial charge in [0.05, 0.1) is 26.0 Å². The first-order valence-electron chi connectivity index (χ1n) is 9.27. The lowest BCUT2D eigenvalue weighted by Gasteiger charge is -2.21. The lowest BCUT2D eigenvalue weighted by atomic mass is 9.93. The number of hydrogen-bond donors (Lipinski definition) is 1. The Morgan fingerprint density at radius 3 is 2.55 bits per heavy atom. The Kier molecular flexibility index (Phi) is 4.84. The molecule has 8 heteroatoms. The largest absolute Gasteiger partial charge is 0.493 e. The molecule has 1 aliphatic rings. The van der Waals surface area contributed by atoms with E-state index >= 15 is 0 Å². The highest BCUT2D eigenvalue weighted by Crippen LogP contribution is 2.35. The predicted octanol–water partition coefficient (Wildman–Crippen LogP) is 3.18. The van der Waals surface area contributed by atoms with E-state index in [0.29, 0.717) is 23.9 Å². The number of hydrazone groups is 1. The molecule has 1 aliphatic heterocycles. The van der Waals surface area contributed by atoms with Crippen LogP contribution < -0.4 is 20.2 Å². The van der Waals surface area contributed by atoms with Crippen LogP contribution >= 0.6 is 0 Å². The van der Waals surface area contributed by atoms with Gasteiger partial charge in [-0.15, -0.1) is 0 Å². The van der Waals surface area contributed by atoms with Crippen molar-refractivity contribution >= 4 is 17.3 Å². The number of aromatic nitrogens is 2. The maximum atomic E-state index is 6.03. The molecular weight excluding hydrogens is 370 g/mol. The molecule has 2 N–H and O–H groups in total. The summed E-state index contributed by atoms with van der Waals surface area (Å²) in [6, 6.07) is 9.85. The Bertz CT molecular complexity index is 1060. The highest BCUT2D eigenvalue weighted by atomic mass is 16.5. The maximum absolute atomic E-state index is 6.03. The number of hydrogen-bond acceptors (Lipinski definition) is 8. The lowest BCUT2D eigenvalue weighted by Crippen LogP contribution is -2.30. The van der Waals surface area contributed by atoms with E-state index < -0.39 is 0 Å². The number of aryl methyl sites for hydroxylation is 1. The summed E-state index contributed by atoms with van der Waals surface area (Å²) in [4.78, 5) is 4.19. The zero-order valence-corrected chi connectivity index (χ0v) is 16.8. The molecule has 0 saturated heterocycles. The molecule has 150 valence electrons. The molecule has 1 aromatic heterocycles. The average molecular weight is 393 g/mol. The molecule has 0 radical (unpaired) electrons. The first-order chi connectivity index (χ1) is 14.0. The van der Waals surface area contributed by atoms with Gasteiger partial charge in [-0.1, -0.05) is 6.07 Å². The Morgan fingerprint density at radius 2 is 1.90 bits per heavy atom. The molecule has 0 unspecified atom stereocenters. The first kappa shape index (κ1) is 18.8. The molecule has 4 rings (SSSR count).